The van der Waals surface area contributed by atoms with E-state index in [9.17, 15) is 26.3 Å². The van der Waals surface area contributed by atoms with Crippen molar-refractivity contribution in [3.63, 3.8) is 0 Å². The zero-order chi connectivity index (χ0) is 11.0. The molecule has 0 saturated heterocycles. The molecule has 0 aliphatic heterocycles. The van der Waals surface area contributed by atoms with Gasteiger partial charge in [0.1, 0.15) is 5.69 Å². The molecule has 1 N–H and O–H groups in total. The highest BCUT2D eigenvalue weighted by Gasteiger charge is 2.64. The molecule has 1 aromatic heterocycles. The fourth-order valence-electron chi connectivity index (χ4n) is 0.747. The van der Waals surface area contributed by atoms with E-state index in [-0.39, 0.29) is 0 Å². The van der Waals surface area contributed by atoms with Gasteiger partial charge in [-0.05, 0) is 6.07 Å². The van der Waals surface area contributed by atoms with Crippen molar-refractivity contribution in [1.29, 1.82) is 0 Å². The van der Waals surface area contributed by atoms with Crippen LogP contribution in [-0.2, 0) is 5.92 Å². The molecular weight excluding hydrogens is 214 g/mol. The van der Waals surface area contributed by atoms with Crippen LogP contribution in [0.2, 0.25) is 0 Å². The fourth-order valence-corrected chi connectivity index (χ4v) is 0.747. The number of nitrogens with zero attached hydrogens (tertiary/aromatic N) is 1. The summed E-state index contributed by atoms with van der Waals surface area (Å²) in [5, 5.41) is 4.50. The Bertz CT molecular complexity index is 293. The van der Waals surface area contributed by atoms with Crippen LogP contribution >= 0.6 is 0 Å². The van der Waals surface area contributed by atoms with E-state index < -0.39 is 24.0 Å². The fraction of sp³-hybridized carbons (Fsp3) is 0.500. The van der Waals surface area contributed by atoms with Crippen LogP contribution in [0.15, 0.2) is 12.3 Å². The number of hydrogen-bond acceptors (Lipinski definition) is 1. The van der Waals surface area contributed by atoms with E-state index in [1.54, 1.807) is 0 Å². The van der Waals surface area contributed by atoms with Gasteiger partial charge in [0.15, 0.2) is 0 Å². The summed E-state index contributed by atoms with van der Waals surface area (Å²) in [4.78, 5) is 0. The number of alkyl halides is 6. The van der Waals surface area contributed by atoms with E-state index in [2.05, 4.69) is 5.10 Å². The zero-order valence-electron chi connectivity index (χ0n) is 6.45. The summed E-state index contributed by atoms with van der Waals surface area (Å²) in [5.41, 5.74) is -1.34. The number of nitrogens with one attached hydrogen (secondary N) is 1. The van der Waals surface area contributed by atoms with Gasteiger partial charge >= 0.3 is 18.3 Å². The van der Waals surface area contributed by atoms with Crippen molar-refractivity contribution in [1.82, 2.24) is 10.2 Å². The summed E-state index contributed by atoms with van der Waals surface area (Å²) in [6.45, 7) is 0. The smallest absolute Gasteiger partial charge is 0.276 e. The van der Waals surface area contributed by atoms with Crippen molar-refractivity contribution >= 4 is 0 Å². The zero-order valence-corrected chi connectivity index (χ0v) is 6.45. The molecule has 14 heavy (non-hydrogen) atoms. The molecule has 0 radical (unpaired) electrons. The first-order valence-corrected chi connectivity index (χ1v) is 3.33. The largest absolute Gasteiger partial charge is 0.375 e. The number of halogens is 6. The summed E-state index contributed by atoms with van der Waals surface area (Å²) < 4.78 is 73.4. The van der Waals surface area contributed by atoms with Crippen molar-refractivity contribution in [3.8, 4) is 0 Å². The summed E-state index contributed by atoms with van der Waals surface area (Å²) >= 11 is 0. The van der Waals surface area contributed by atoms with Gasteiger partial charge in [-0.3, -0.25) is 5.10 Å². The van der Waals surface area contributed by atoms with Gasteiger partial charge in [0.05, 0.1) is 0 Å². The highest BCUT2D eigenvalue weighted by molar-refractivity contribution is 5.11. The molecule has 1 aromatic rings. The number of aromatic nitrogens is 2. The number of hydrogen-bond donors (Lipinski definition) is 1. The monoisotopic (exact) mass is 218 g/mol. The molecule has 8 heteroatoms. The molecular formula is C6H4F6N2. The van der Waals surface area contributed by atoms with E-state index in [1.807, 2.05) is 0 Å². The second-order valence-corrected chi connectivity index (χ2v) is 2.47. The average Bonchev–Trinajstić information content (AvgIpc) is 2.55. The first-order chi connectivity index (χ1) is 6.30. The molecule has 0 unspecified atom stereocenters. The maximum Gasteiger partial charge on any atom is 0.375 e. The van der Waals surface area contributed by atoms with E-state index in [1.165, 1.54) is 5.10 Å². The van der Waals surface area contributed by atoms with Crippen molar-refractivity contribution in [2.75, 3.05) is 0 Å². The molecule has 0 spiro atoms. The first kappa shape index (κ1) is 10.9. The van der Waals surface area contributed by atoms with Crippen LogP contribution < -0.4 is 0 Å². The molecule has 0 fully saturated rings. The molecule has 0 atom stereocenters. The lowest BCUT2D eigenvalue weighted by Crippen LogP contribution is -2.44. The Kier molecular flexibility index (Phi) is 2.47. The molecule has 0 aliphatic carbocycles. The number of rotatable bonds is 3. The minimum atomic E-state index is -5.42. The maximum atomic E-state index is 12.7. The van der Waals surface area contributed by atoms with Gasteiger partial charge < -0.3 is 0 Å². The lowest BCUT2D eigenvalue weighted by Gasteiger charge is -2.24. The molecule has 0 amide bonds. The molecule has 2 nitrogen and oxygen atoms in total. The SMILES string of the molecule is FC(F)C(F)(F)C(F)(F)c1ccn[nH]1. The molecule has 0 aromatic carbocycles. The first-order valence-electron chi connectivity index (χ1n) is 3.33. The molecule has 1 rings (SSSR count). The van der Waals surface area contributed by atoms with E-state index in [4.69, 9.17) is 0 Å². The highest BCUT2D eigenvalue weighted by atomic mass is 19.3. The van der Waals surface area contributed by atoms with Gasteiger partial charge in [0.2, 0.25) is 0 Å². The summed E-state index contributed by atoms with van der Waals surface area (Å²) in [6, 6.07) is 0.510. The van der Waals surface area contributed by atoms with Gasteiger partial charge in [0.25, 0.3) is 0 Å². The average molecular weight is 218 g/mol. The van der Waals surface area contributed by atoms with Gasteiger partial charge in [-0.1, -0.05) is 0 Å². The van der Waals surface area contributed by atoms with E-state index in [0.717, 1.165) is 6.20 Å². The Morgan fingerprint density at radius 2 is 1.79 bits per heavy atom. The van der Waals surface area contributed by atoms with Crippen LogP contribution in [0.4, 0.5) is 26.3 Å². The van der Waals surface area contributed by atoms with Crippen molar-refractivity contribution in [2.45, 2.75) is 18.3 Å². The second-order valence-electron chi connectivity index (χ2n) is 2.47. The molecule has 0 aliphatic rings. The normalized spacial score (nSPS) is 13.6. The van der Waals surface area contributed by atoms with Gasteiger partial charge in [-0.25, -0.2) is 8.78 Å². The summed E-state index contributed by atoms with van der Waals surface area (Å²) in [7, 11) is 0. The Balaban J connectivity index is 3.07. The van der Waals surface area contributed by atoms with E-state index >= 15 is 0 Å². The van der Waals surface area contributed by atoms with Gasteiger partial charge in [0, 0.05) is 6.20 Å². The van der Waals surface area contributed by atoms with E-state index in [0.29, 0.717) is 6.07 Å². The topological polar surface area (TPSA) is 28.7 Å². The summed E-state index contributed by atoms with van der Waals surface area (Å²) in [6.07, 6.45) is -3.68. The Hall–Kier alpha value is -1.21. The highest BCUT2D eigenvalue weighted by Crippen LogP contribution is 2.45. The van der Waals surface area contributed by atoms with Crippen LogP contribution in [0, 0.1) is 0 Å². The molecule has 0 bridgehead atoms. The Labute approximate surface area is 73.9 Å². The molecule has 80 valence electrons. The van der Waals surface area contributed by atoms with Crippen LogP contribution in [0.1, 0.15) is 5.69 Å². The lowest BCUT2D eigenvalue weighted by atomic mass is 10.1. The van der Waals surface area contributed by atoms with Crippen molar-refractivity contribution in [2.24, 2.45) is 0 Å². The number of aromatic amines is 1. The lowest BCUT2D eigenvalue weighted by molar-refractivity contribution is -0.271. The Morgan fingerprint density at radius 1 is 1.21 bits per heavy atom. The number of H-pyrrole nitrogens is 1. The predicted molar refractivity (Wildman–Crippen MR) is 33.4 cm³/mol. The second kappa shape index (κ2) is 3.18. The van der Waals surface area contributed by atoms with Crippen LogP contribution in [0.5, 0.6) is 0 Å². The third-order valence-corrected chi connectivity index (χ3v) is 1.53. The van der Waals surface area contributed by atoms with Crippen LogP contribution in [0.25, 0.3) is 0 Å². The van der Waals surface area contributed by atoms with Crippen molar-refractivity contribution < 1.29 is 26.3 Å². The molecule has 0 saturated carbocycles. The van der Waals surface area contributed by atoms with Gasteiger partial charge in [-0.2, -0.15) is 22.7 Å². The minimum absolute atomic E-state index is 0.510. The third kappa shape index (κ3) is 1.44. The van der Waals surface area contributed by atoms with Crippen molar-refractivity contribution in [3.05, 3.63) is 18.0 Å². The quantitative estimate of drug-likeness (QED) is 0.775. The van der Waals surface area contributed by atoms with Crippen LogP contribution in [0.3, 0.4) is 0 Å². The van der Waals surface area contributed by atoms with Gasteiger partial charge in [-0.15, -0.1) is 0 Å². The Morgan fingerprint density at radius 3 is 2.14 bits per heavy atom. The maximum absolute atomic E-state index is 12.7. The summed E-state index contributed by atoms with van der Waals surface area (Å²) in [5.74, 6) is -10.4. The third-order valence-electron chi connectivity index (χ3n) is 1.53. The predicted octanol–water partition coefficient (Wildman–Crippen LogP) is 2.40. The van der Waals surface area contributed by atoms with Crippen LogP contribution in [-0.4, -0.2) is 22.5 Å². The standard InChI is InChI=1S/C6H4F6N2/c7-4(8)6(11,12)5(9,10)3-1-2-13-14-3/h1-2,4H,(H,13,14). The minimum Gasteiger partial charge on any atom is -0.276 e. The molecule has 1 heterocycles.